The number of carbonyl (C=O) groups is 1. The van der Waals surface area contributed by atoms with Crippen molar-refractivity contribution in [2.24, 2.45) is 5.41 Å². The molecule has 0 heterocycles. The van der Waals surface area contributed by atoms with Crippen LogP contribution in [0.25, 0.3) is 0 Å². The molecule has 0 aromatic heterocycles. The topological polar surface area (TPSA) is 20.3 Å². The van der Waals surface area contributed by atoms with E-state index in [1.807, 2.05) is 39.8 Å². The van der Waals surface area contributed by atoms with Crippen molar-refractivity contribution >= 4 is 5.78 Å². The predicted octanol–water partition coefficient (Wildman–Crippen LogP) is 1.72. The largest absolute Gasteiger partial charge is 0.305 e. The third-order valence-corrected chi connectivity index (χ3v) is 1.51. The Morgan fingerprint density at radius 3 is 2.00 bits per heavy atom. The van der Waals surface area contributed by atoms with Crippen LogP contribution in [0.4, 0.5) is 0 Å². The number of hydrogen-bond acceptors (Lipinski definition) is 2. The van der Waals surface area contributed by atoms with Crippen LogP contribution in [0, 0.1) is 5.41 Å². The Bertz CT molecular complexity index is 187. The molecule has 0 spiro atoms. The van der Waals surface area contributed by atoms with Gasteiger partial charge < -0.3 is 4.90 Å². The van der Waals surface area contributed by atoms with Crippen molar-refractivity contribution in [2.45, 2.75) is 20.8 Å². The van der Waals surface area contributed by atoms with Crippen LogP contribution in [-0.2, 0) is 4.79 Å². The van der Waals surface area contributed by atoms with E-state index in [4.69, 9.17) is 0 Å². The molecule has 0 unspecified atom stereocenters. The molecule has 0 rings (SSSR count). The standard InChI is InChI=1S/C10H19NO/c1-8(7-11(5)6)9(12)10(2,3)4/h1,7H2,2-6H3. The monoisotopic (exact) mass is 169 g/mol. The third kappa shape index (κ3) is 3.67. The molecule has 0 saturated carbocycles. The minimum absolute atomic E-state index is 0.149. The van der Waals surface area contributed by atoms with Crippen molar-refractivity contribution in [3.8, 4) is 0 Å². The summed E-state index contributed by atoms with van der Waals surface area (Å²) in [6.45, 7) is 10.2. The van der Waals surface area contributed by atoms with Crippen LogP contribution < -0.4 is 0 Å². The van der Waals surface area contributed by atoms with Gasteiger partial charge >= 0.3 is 0 Å². The van der Waals surface area contributed by atoms with Gasteiger partial charge in [0.05, 0.1) is 0 Å². The Balaban J connectivity index is 4.22. The summed E-state index contributed by atoms with van der Waals surface area (Å²) in [6.07, 6.45) is 0. The van der Waals surface area contributed by atoms with Crippen LogP contribution in [0.2, 0.25) is 0 Å². The molecule has 12 heavy (non-hydrogen) atoms. The molecule has 0 aliphatic rings. The zero-order valence-electron chi connectivity index (χ0n) is 8.77. The molecule has 0 bridgehead atoms. The molecule has 0 fully saturated rings. The Morgan fingerprint density at radius 2 is 1.75 bits per heavy atom. The summed E-state index contributed by atoms with van der Waals surface area (Å²) < 4.78 is 0. The lowest BCUT2D eigenvalue weighted by atomic mass is 9.87. The normalized spacial score (nSPS) is 11.8. The smallest absolute Gasteiger partial charge is 0.164 e. The molecule has 0 N–H and O–H groups in total. The first-order valence-electron chi connectivity index (χ1n) is 4.12. The molecule has 0 aromatic rings. The average molecular weight is 169 g/mol. The Kier molecular flexibility index (Phi) is 3.65. The van der Waals surface area contributed by atoms with E-state index >= 15 is 0 Å². The van der Waals surface area contributed by atoms with Gasteiger partial charge in [0.25, 0.3) is 0 Å². The first kappa shape index (κ1) is 11.4. The van der Waals surface area contributed by atoms with Crippen molar-refractivity contribution < 1.29 is 4.79 Å². The fraction of sp³-hybridized carbons (Fsp3) is 0.700. The Labute approximate surface area is 75.3 Å². The predicted molar refractivity (Wildman–Crippen MR) is 52.2 cm³/mol. The van der Waals surface area contributed by atoms with E-state index in [1.165, 1.54) is 0 Å². The summed E-state index contributed by atoms with van der Waals surface area (Å²) in [4.78, 5) is 13.5. The highest BCUT2D eigenvalue weighted by Crippen LogP contribution is 2.18. The van der Waals surface area contributed by atoms with Crippen LogP contribution in [0.3, 0.4) is 0 Å². The number of likely N-dealkylation sites (N-methyl/N-ethyl adjacent to an activating group) is 1. The van der Waals surface area contributed by atoms with Gasteiger partial charge in [0.15, 0.2) is 5.78 Å². The fourth-order valence-corrected chi connectivity index (χ4v) is 0.984. The number of Topliss-reactive ketones (excluding diaryl/α,β-unsaturated/α-hetero) is 1. The van der Waals surface area contributed by atoms with Gasteiger partial charge in [-0.2, -0.15) is 0 Å². The van der Waals surface area contributed by atoms with Crippen LogP contribution in [0.5, 0.6) is 0 Å². The molecule has 0 aliphatic heterocycles. The first-order chi connectivity index (χ1) is 5.25. The summed E-state index contributed by atoms with van der Waals surface area (Å²) in [7, 11) is 3.86. The maximum absolute atomic E-state index is 11.6. The average Bonchev–Trinajstić information content (AvgIpc) is 1.82. The molecule has 0 amide bonds. The van der Waals surface area contributed by atoms with E-state index in [0.717, 1.165) is 0 Å². The molecule has 0 aromatic carbocycles. The van der Waals surface area contributed by atoms with Gasteiger partial charge in [0.2, 0.25) is 0 Å². The zero-order valence-corrected chi connectivity index (χ0v) is 8.77. The van der Waals surface area contributed by atoms with Gasteiger partial charge in [-0.3, -0.25) is 4.79 Å². The van der Waals surface area contributed by atoms with Gasteiger partial charge in [-0.25, -0.2) is 0 Å². The summed E-state index contributed by atoms with van der Waals surface area (Å²) in [5.41, 5.74) is 0.389. The third-order valence-electron chi connectivity index (χ3n) is 1.51. The van der Waals surface area contributed by atoms with Crippen LogP contribution >= 0.6 is 0 Å². The summed E-state index contributed by atoms with van der Waals surface area (Å²) in [6, 6.07) is 0. The SMILES string of the molecule is C=C(CN(C)C)C(=O)C(C)(C)C. The van der Waals surface area contributed by atoms with Crippen molar-refractivity contribution in [3.63, 3.8) is 0 Å². The highest BCUT2D eigenvalue weighted by molar-refractivity contribution is 5.98. The minimum Gasteiger partial charge on any atom is -0.305 e. The second-order valence-electron chi connectivity index (χ2n) is 4.42. The minimum atomic E-state index is -0.299. The second-order valence-corrected chi connectivity index (χ2v) is 4.42. The van der Waals surface area contributed by atoms with E-state index in [1.54, 1.807) is 0 Å². The quantitative estimate of drug-likeness (QED) is 0.600. The Morgan fingerprint density at radius 1 is 1.33 bits per heavy atom. The first-order valence-corrected chi connectivity index (χ1v) is 4.12. The molecule has 2 nitrogen and oxygen atoms in total. The zero-order chi connectivity index (χ0) is 9.94. The molecule has 0 aliphatic carbocycles. The van der Waals surface area contributed by atoms with Gasteiger partial charge in [-0.1, -0.05) is 27.4 Å². The number of rotatable bonds is 3. The van der Waals surface area contributed by atoms with Crippen molar-refractivity contribution in [3.05, 3.63) is 12.2 Å². The number of carbonyl (C=O) groups excluding carboxylic acids is 1. The highest BCUT2D eigenvalue weighted by Gasteiger charge is 2.23. The maximum Gasteiger partial charge on any atom is 0.164 e. The molecule has 0 atom stereocenters. The van der Waals surface area contributed by atoms with E-state index in [2.05, 4.69) is 6.58 Å². The second kappa shape index (κ2) is 3.85. The molecule has 0 radical (unpaired) electrons. The molecular formula is C10H19NO. The summed E-state index contributed by atoms with van der Waals surface area (Å²) >= 11 is 0. The van der Waals surface area contributed by atoms with E-state index in [0.29, 0.717) is 12.1 Å². The summed E-state index contributed by atoms with van der Waals surface area (Å²) in [5, 5.41) is 0. The van der Waals surface area contributed by atoms with Gasteiger partial charge in [0, 0.05) is 17.5 Å². The lowest BCUT2D eigenvalue weighted by Crippen LogP contribution is -2.27. The fourth-order valence-electron chi connectivity index (χ4n) is 0.984. The molecular weight excluding hydrogens is 150 g/mol. The van der Waals surface area contributed by atoms with Crippen molar-refractivity contribution in [1.29, 1.82) is 0 Å². The lowest BCUT2D eigenvalue weighted by molar-refractivity contribution is -0.122. The molecule has 70 valence electrons. The van der Waals surface area contributed by atoms with E-state index in [9.17, 15) is 4.79 Å². The maximum atomic E-state index is 11.6. The Hall–Kier alpha value is -0.630. The summed E-state index contributed by atoms with van der Waals surface area (Å²) in [5.74, 6) is 0.149. The van der Waals surface area contributed by atoms with Crippen LogP contribution in [0.15, 0.2) is 12.2 Å². The number of nitrogens with zero attached hydrogens (tertiary/aromatic N) is 1. The van der Waals surface area contributed by atoms with Crippen LogP contribution in [-0.4, -0.2) is 31.3 Å². The lowest BCUT2D eigenvalue weighted by Gasteiger charge is -2.20. The number of ketones is 1. The van der Waals surface area contributed by atoms with E-state index < -0.39 is 0 Å². The molecule has 2 heteroatoms. The van der Waals surface area contributed by atoms with Crippen molar-refractivity contribution in [2.75, 3.05) is 20.6 Å². The van der Waals surface area contributed by atoms with Crippen molar-refractivity contribution in [1.82, 2.24) is 4.90 Å². The van der Waals surface area contributed by atoms with Gasteiger partial charge in [0.1, 0.15) is 0 Å². The highest BCUT2D eigenvalue weighted by atomic mass is 16.1. The molecule has 0 saturated heterocycles. The van der Waals surface area contributed by atoms with E-state index in [-0.39, 0.29) is 11.2 Å². The van der Waals surface area contributed by atoms with Gasteiger partial charge in [-0.15, -0.1) is 0 Å². The van der Waals surface area contributed by atoms with Gasteiger partial charge in [-0.05, 0) is 14.1 Å². The number of hydrogen-bond donors (Lipinski definition) is 0. The van der Waals surface area contributed by atoms with Crippen LogP contribution in [0.1, 0.15) is 20.8 Å².